The number of hydrogen-bond acceptors (Lipinski definition) is 8. The number of pyridine rings is 1. The van der Waals surface area contributed by atoms with Gasteiger partial charge in [-0.2, -0.15) is 5.26 Å². The number of nitriles is 1. The zero-order chi connectivity index (χ0) is 22.0. The third-order valence-corrected chi connectivity index (χ3v) is 4.72. The predicted molar refractivity (Wildman–Crippen MR) is 116 cm³/mol. The lowest BCUT2D eigenvalue weighted by molar-refractivity contribution is 0.474. The Balaban J connectivity index is 1.57. The molecule has 0 bridgehead atoms. The van der Waals surface area contributed by atoms with E-state index in [1.54, 1.807) is 48.5 Å². The van der Waals surface area contributed by atoms with E-state index in [1.807, 2.05) is 6.07 Å². The highest BCUT2D eigenvalue weighted by Crippen LogP contribution is 2.32. The minimum absolute atomic E-state index is 0.0185. The molecule has 0 aliphatic carbocycles. The second kappa shape index (κ2) is 8.00. The summed E-state index contributed by atoms with van der Waals surface area (Å²) in [5, 5.41) is 34.5. The first kappa shape index (κ1) is 19.7. The van der Waals surface area contributed by atoms with E-state index in [2.05, 4.69) is 15.6 Å². The molecule has 0 radical (unpaired) electrons. The largest absolute Gasteiger partial charge is 0.508 e. The molecule has 0 aliphatic heterocycles. The molecule has 4 rings (SSSR count). The summed E-state index contributed by atoms with van der Waals surface area (Å²) in [5.74, 6) is 0.0886. The van der Waals surface area contributed by atoms with Gasteiger partial charge in [0.2, 0.25) is 0 Å². The Morgan fingerprint density at radius 2 is 1.77 bits per heavy atom. The second-order valence-corrected chi connectivity index (χ2v) is 6.83. The van der Waals surface area contributed by atoms with Crippen molar-refractivity contribution in [2.75, 3.05) is 10.6 Å². The van der Waals surface area contributed by atoms with E-state index in [4.69, 9.17) is 5.26 Å². The van der Waals surface area contributed by atoms with Gasteiger partial charge >= 0.3 is 0 Å². The number of phenols is 2. The minimum Gasteiger partial charge on any atom is -0.508 e. The highest BCUT2D eigenvalue weighted by molar-refractivity contribution is 5.81. The maximum absolute atomic E-state index is 12.1. The number of nitrogens with one attached hydrogen (secondary N) is 2. The van der Waals surface area contributed by atoms with Crippen molar-refractivity contribution in [3.05, 3.63) is 92.4 Å². The highest BCUT2D eigenvalue weighted by atomic mass is 16.3. The third kappa shape index (κ3) is 3.93. The quantitative estimate of drug-likeness (QED) is 0.280. The molecule has 0 saturated heterocycles. The average Bonchev–Trinajstić information content (AvgIpc) is 2.79. The van der Waals surface area contributed by atoms with E-state index in [0.29, 0.717) is 22.5 Å². The number of anilines is 3. The summed E-state index contributed by atoms with van der Waals surface area (Å²) < 4.78 is 0. The summed E-state index contributed by atoms with van der Waals surface area (Å²) in [6.45, 7) is 0.254. The van der Waals surface area contributed by atoms with Crippen LogP contribution in [0, 0.1) is 11.3 Å². The first-order valence-corrected chi connectivity index (χ1v) is 9.28. The highest BCUT2D eigenvalue weighted by Gasteiger charge is 2.21. The average molecular weight is 412 g/mol. The third-order valence-electron chi connectivity index (χ3n) is 4.72. The standard InChI is InChI=1S/C23H16N4O4/c24-10-14-4-6-18(25-12-14)17-9-15(5-7-19(17)29)27-21-20(22(30)23(21)31)26-11-13-2-1-3-16(28)8-13/h1-9,12,26-29H,11H2. The van der Waals surface area contributed by atoms with Crippen molar-refractivity contribution in [1.82, 2.24) is 4.98 Å². The van der Waals surface area contributed by atoms with Crippen molar-refractivity contribution in [2.24, 2.45) is 0 Å². The maximum Gasteiger partial charge on any atom is 0.253 e. The van der Waals surface area contributed by atoms with Gasteiger partial charge in [-0.3, -0.25) is 14.6 Å². The van der Waals surface area contributed by atoms with Crippen LogP contribution in [0.2, 0.25) is 0 Å². The lowest BCUT2D eigenvalue weighted by Gasteiger charge is -2.16. The molecule has 0 saturated carbocycles. The molecule has 0 atom stereocenters. The van der Waals surface area contributed by atoms with Gasteiger partial charge in [0.05, 0.1) is 11.3 Å². The first-order chi connectivity index (χ1) is 15.0. The Morgan fingerprint density at radius 1 is 0.968 bits per heavy atom. The molecule has 3 aromatic carbocycles. The predicted octanol–water partition coefficient (Wildman–Crippen LogP) is 2.98. The van der Waals surface area contributed by atoms with E-state index >= 15 is 0 Å². The fourth-order valence-electron chi connectivity index (χ4n) is 3.12. The van der Waals surface area contributed by atoms with Crippen molar-refractivity contribution in [1.29, 1.82) is 5.26 Å². The van der Waals surface area contributed by atoms with Crippen LogP contribution in [0.3, 0.4) is 0 Å². The Labute approximate surface area is 176 Å². The van der Waals surface area contributed by atoms with Gasteiger partial charge in [-0.05, 0) is 48.0 Å². The minimum atomic E-state index is -0.649. The van der Waals surface area contributed by atoms with Gasteiger partial charge in [0.25, 0.3) is 10.9 Å². The van der Waals surface area contributed by atoms with Crippen molar-refractivity contribution in [3.8, 4) is 28.8 Å². The zero-order valence-electron chi connectivity index (χ0n) is 16.1. The van der Waals surface area contributed by atoms with E-state index in [1.165, 1.54) is 12.3 Å². The Morgan fingerprint density at radius 3 is 2.48 bits per heavy atom. The summed E-state index contributed by atoms with van der Waals surface area (Å²) >= 11 is 0. The monoisotopic (exact) mass is 412 g/mol. The maximum atomic E-state index is 12.1. The van der Waals surface area contributed by atoms with E-state index in [0.717, 1.165) is 5.56 Å². The summed E-state index contributed by atoms with van der Waals surface area (Å²) in [5.41, 5.74) is 1.47. The summed E-state index contributed by atoms with van der Waals surface area (Å²) in [7, 11) is 0. The van der Waals surface area contributed by atoms with Crippen molar-refractivity contribution in [2.45, 2.75) is 6.54 Å². The number of aromatic nitrogens is 1. The zero-order valence-corrected chi connectivity index (χ0v) is 16.1. The van der Waals surface area contributed by atoms with Crippen LogP contribution in [0.25, 0.3) is 11.3 Å². The van der Waals surface area contributed by atoms with E-state index in [9.17, 15) is 19.8 Å². The molecule has 0 spiro atoms. The normalized spacial score (nSPS) is 10.5. The second-order valence-electron chi connectivity index (χ2n) is 6.83. The van der Waals surface area contributed by atoms with Crippen LogP contribution in [-0.2, 0) is 6.54 Å². The summed E-state index contributed by atoms with van der Waals surface area (Å²) in [6, 6.07) is 16.3. The Kier molecular flexibility index (Phi) is 5.08. The van der Waals surface area contributed by atoms with Crippen LogP contribution in [0.4, 0.5) is 17.1 Å². The number of benzene rings is 2. The van der Waals surface area contributed by atoms with Crippen LogP contribution >= 0.6 is 0 Å². The van der Waals surface area contributed by atoms with Crippen LogP contribution in [-0.4, -0.2) is 15.2 Å². The van der Waals surface area contributed by atoms with Gasteiger partial charge in [-0.15, -0.1) is 0 Å². The fraction of sp³-hybridized carbons (Fsp3) is 0.0435. The van der Waals surface area contributed by atoms with Gasteiger partial charge in [0, 0.05) is 24.0 Å². The van der Waals surface area contributed by atoms with Crippen molar-refractivity contribution >= 4 is 17.1 Å². The molecule has 1 aromatic heterocycles. The van der Waals surface area contributed by atoms with E-state index in [-0.39, 0.29) is 29.4 Å². The molecule has 4 aromatic rings. The lowest BCUT2D eigenvalue weighted by atomic mass is 10.1. The van der Waals surface area contributed by atoms with Crippen LogP contribution in [0.1, 0.15) is 11.1 Å². The number of nitrogens with zero attached hydrogens (tertiary/aromatic N) is 2. The summed E-state index contributed by atoms with van der Waals surface area (Å²) in [6.07, 6.45) is 1.40. The van der Waals surface area contributed by atoms with Crippen molar-refractivity contribution < 1.29 is 10.2 Å². The molecule has 4 N–H and O–H groups in total. The fourth-order valence-corrected chi connectivity index (χ4v) is 3.12. The molecule has 0 unspecified atom stereocenters. The Bertz CT molecular complexity index is 1380. The molecule has 8 nitrogen and oxygen atoms in total. The molecular formula is C23H16N4O4. The molecule has 0 aliphatic rings. The topological polar surface area (TPSA) is 135 Å². The molecule has 152 valence electrons. The van der Waals surface area contributed by atoms with Gasteiger partial charge in [0.1, 0.15) is 28.9 Å². The van der Waals surface area contributed by atoms with Gasteiger partial charge in [-0.1, -0.05) is 12.1 Å². The molecule has 0 amide bonds. The Hall–Kier alpha value is -4.64. The van der Waals surface area contributed by atoms with Crippen LogP contribution in [0.15, 0.2) is 70.4 Å². The smallest absolute Gasteiger partial charge is 0.253 e. The number of phenolic OH excluding ortho intramolecular Hbond substituents is 2. The van der Waals surface area contributed by atoms with Crippen molar-refractivity contribution in [3.63, 3.8) is 0 Å². The lowest BCUT2D eigenvalue weighted by Crippen LogP contribution is -2.36. The van der Waals surface area contributed by atoms with Gasteiger partial charge < -0.3 is 20.8 Å². The molecule has 1 heterocycles. The molecule has 31 heavy (non-hydrogen) atoms. The molecular weight excluding hydrogens is 396 g/mol. The van der Waals surface area contributed by atoms with E-state index < -0.39 is 10.9 Å². The number of rotatable bonds is 6. The van der Waals surface area contributed by atoms with Gasteiger partial charge in [-0.25, -0.2) is 0 Å². The summed E-state index contributed by atoms with van der Waals surface area (Å²) in [4.78, 5) is 28.3. The molecule has 0 fully saturated rings. The SMILES string of the molecule is N#Cc1ccc(-c2cc(Nc3c(NCc4cccc(O)c4)c(=O)c3=O)ccc2O)nc1. The van der Waals surface area contributed by atoms with Crippen LogP contribution in [0.5, 0.6) is 11.5 Å². The van der Waals surface area contributed by atoms with Gasteiger partial charge in [0.15, 0.2) is 0 Å². The number of aromatic hydroxyl groups is 2. The first-order valence-electron chi connectivity index (χ1n) is 9.28. The molecule has 8 heteroatoms. The van der Waals surface area contributed by atoms with Crippen LogP contribution < -0.4 is 21.5 Å². The number of hydrogen-bond donors (Lipinski definition) is 4.